The zero-order valence-corrected chi connectivity index (χ0v) is 10.3. The molecule has 0 heterocycles. The van der Waals surface area contributed by atoms with Gasteiger partial charge in [0.2, 0.25) is 0 Å². The number of hydrogen-bond donors (Lipinski definition) is 2. The molecule has 0 spiro atoms. The van der Waals surface area contributed by atoms with Crippen molar-refractivity contribution in [2.24, 2.45) is 5.92 Å². The molecule has 90 valence electrons. The average molecular weight is 217 g/mol. The maximum atomic E-state index is 11.3. The topological polar surface area (TPSA) is 58.6 Å². The SMILES string of the molecule is CC[C@H](CNC(=O)OC(C)(C)C)C(C)O. The van der Waals surface area contributed by atoms with E-state index in [9.17, 15) is 9.90 Å². The Labute approximate surface area is 92.0 Å². The van der Waals surface area contributed by atoms with Crippen LogP contribution in [0.15, 0.2) is 0 Å². The molecule has 2 N–H and O–H groups in total. The second-order valence-electron chi connectivity index (χ2n) is 4.79. The van der Waals surface area contributed by atoms with Crippen molar-refractivity contribution in [2.45, 2.75) is 52.7 Å². The second-order valence-corrected chi connectivity index (χ2v) is 4.79. The summed E-state index contributed by atoms with van der Waals surface area (Å²) in [6, 6.07) is 0. The lowest BCUT2D eigenvalue weighted by Crippen LogP contribution is -2.37. The number of carbonyl (C=O) groups excluding carboxylic acids is 1. The van der Waals surface area contributed by atoms with Gasteiger partial charge in [-0.2, -0.15) is 0 Å². The van der Waals surface area contributed by atoms with E-state index in [1.165, 1.54) is 0 Å². The molecule has 0 saturated heterocycles. The fraction of sp³-hybridized carbons (Fsp3) is 0.909. The standard InChI is InChI=1S/C11H23NO3/c1-6-9(8(2)13)7-12-10(14)15-11(3,4)5/h8-9,13H,6-7H2,1-5H3,(H,12,14)/t8?,9-/m1/s1. The molecule has 0 aliphatic rings. The maximum Gasteiger partial charge on any atom is 0.407 e. The van der Waals surface area contributed by atoms with Crippen molar-refractivity contribution >= 4 is 6.09 Å². The number of rotatable bonds is 4. The van der Waals surface area contributed by atoms with Crippen molar-refractivity contribution in [3.05, 3.63) is 0 Å². The zero-order valence-electron chi connectivity index (χ0n) is 10.3. The molecule has 4 nitrogen and oxygen atoms in total. The molecule has 0 radical (unpaired) electrons. The van der Waals surface area contributed by atoms with Crippen LogP contribution >= 0.6 is 0 Å². The predicted octanol–water partition coefficient (Wildman–Crippen LogP) is 1.92. The van der Waals surface area contributed by atoms with Gasteiger partial charge in [0.25, 0.3) is 0 Å². The van der Waals surface area contributed by atoms with Crippen LogP contribution in [0.4, 0.5) is 4.79 Å². The molecule has 0 aliphatic heterocycles. The van der Waals surface area contributed by atoms with Gasteiger partial charge in [-0.3, -0.25) is 0 Å². The van der Waals surface area contributed by atoms with Crippen molar-refractivity contribution in [3.63, 3.8) is 0 Å². The van der Waals surface area contributed by atoms with Gasteiger partial charge in [0.1, 0.15) is 5.60 Å². The zero-order chi connectivity index (χ0) is 12.1. The van der Waals surface area contributed by atoms with E-state index >= 15 is 0 Å². The van der Waals surface area contributed by atoms with Gasteiger partial charge < -0.3 is 15.2 Å². The second kappa shape index (κ2) is 5.95. The minimum absolute atomic E-state index is 0.0810. The van der Waals surface area contributed by atoms with E-state index in [1.54, 1.807) is 6.92 Å². The fourth-order valence-corrected chi connectivity index (χ4v) is 1.18. The van der Waals surface area contributed by atoms with Gasteiger partial charge in [-0.1, -0.05) is 6.92 Å². The monoisotopic (exact) mass is 217 g/mol. The lowest BCUT2D eigenvalue weighted by molar-refractivity contribution is 0.0492. The summed E-state index contributed by atoms with van der Waals surface area (Å²) in [7, 11) is 0. The highest BCUT2D eigenvalue weighted by molar-refractivity contribution is 5.67. The van der Waals surface area contributed by atoms with E-state index < -0.39 is 17.8 Å². The molecule has 0 aromatic rings. The number of ether oxygens (including phenoxy) is 1. The molecule has 0 aromatic heterocycles. The van der Waals surface area contributed by atoms with Gasteiger partial charge in [-0.15, -0.1) is 0 Å². The highest BCUT2D eigenvalue weighted by atomic mass is 16.6. The first-order valence-electron chi connectivity index (χ1n) is 5.41. The van der Waals surface area contributed by atoms with Crippen LogP contribution < -0.4 is 5.32 Å². The average Bonchev–Trinajstić information content (AvgIpc) is 2.01. The van der Waals surface area contributed by atoms with Crippen molar-refractivity contribution < 1.29 is 14.6 Å². The van der Waals surface area contributed by atoms with Crippen LogP contribution in [0.1, 0.15) is 41.0 Å². The van der Waals surface area contributed by atoms with Gasteiger partial charge in [0, 0.05) is 12.5 Å². The third-order valence-corrected chi connectivity index (χ3v) is 2.11. The van der Waals surface area contributed by atoms with E-state index in [0.717, 1.165) is 6.42 Å². The normalized spacial score (nSPS) is 15.6. The molecular weight excluding hydrogens is 194 g/mol. The van der Waals surface area contributed by atoms with Crippen molar-refractivity contribution in [2.75, 3.05) is 6.54 Å². The third kappa shape index (κ3) is 7.19. The van der Waals surface area contributed by atoms with E-state index in [2.05, 4.69) is 5.32 Å². The van der Waals surface area contributed by atoms with Gasteiger partial charge >= 0.3 is 6.09 Å². The Bertz CT molecular complexity index is 196. The van der Waals surface area contributed by atoms with Crippen LogP contribution in [0.3, 0.4) is 0 Å². The summed E-state index contributed by atoms with van der Waals surface area (Å²) in [6.45, 7) is 9.61. The Kier molecular flexibility index (Phi) is 5.65. The third-order valence-electron chi connectivity index (χ3n) is 2.11. The Balaban J connectivity index is 3.89. The number of nitrogens with one attached hydrogen (secondary N) is 1. The van der Waals surface area contributed by atoms with Crippen LogP contribution in [0, 0.1) is 5.92 Å². The summed E-state index contributed by atoms with van der Waals surface area (Å²) in [6.07, 6.45) is -0.0143. The molecular formula is C11H23NO3. The Morgan fingerprint density at radius 3 is 2.33 bits per heavy atom. The van der Waals surface area contributed by atoms with E-state index in [4.69, 9.17) is 4.74 Å². The summed E-state index contributed by atoms with van der Waals surface area (Å²) < 4.78 is 5.08. The summed E-state index contributed by atoms with van der Waals surface area (Å²) in [5.74, 6) is 0.0810. The molecule has 2 atom stereocenters. The largest absolute Gasteiger partial charge is 0.444 e. The van der Waals surface area contributed by atoms with Crippen LogP contribution in [-0.4, -0.2) is 29.4 Å². The maximum absolute atomic E-state index is 11.3. The molecule has 0 aliphatic carbocycles. The first-order chi connectivity index (χ1) is 6.76. The van der Waals surface area contributed by atoms with Crippen LogP contribution in [-0.2, 0) is 4.74 Å². The first-order valence-corrected chi connectivity index (χ1v) is 5.41. The predicted molar refractivity (Wildman–Crippen MR) is 59.7 cm³/mol. The molecule has 4 heteroatoms. The summed E-state index contributed by atoms with van der Waals surface area (Å²) in [4.78, 5) is 11.3. The Morgan fingerprint density at radius 1 is 1.47 bits per heavy atom. The molecule has 1 amide bonds. The van der Waals surface area contributed by atoms with E-state index in [1.807, 2.05) is 27.7 Å². The summed E-state index contributed by atoms with van der Waals surface area (Å²) >= 11 is 0. The van der Waals surface area contributed by atoms with Gasteiger partial charge in [0.15, 0.2) is 0 Å². The smallest absolute Gasteiger partial charge is 0.407 e. The lowest BCUT2D eigenvalue weighted by Gasteiger charge is -2.22. The number of aliphatic hydroxyl groups is 1. The van der Waals surface area contributed by atoms with Gasteiger partial charge in [-0.25, -0.2) is 4.79 Å². The molecule has 0 fully saturated rings. The number of hydrogen-bond acceptors (Lipinski definition) is 3. The molecule has 1 unspecified atom stereocenters. The van der Waals surface area contributed by atoms with E-state index in [0.29, 0.717) is 6.54 Å². The Morgan fingerprint density at radius 2 is 2.00 bits per heavy atom. The molecule has 0 bridgehead atoms. The number of alkyl carbamates (subject to hydrolysis) is 1. The molecule has 0 saturated carbocycles. The molecule has 15 heavy (non-hydrogen) atoms. The minimum atomic E-state index is -0.476. The number of aliphatic hydroxyl groups excluding tert-OH is 1. The number of carbonyl (C=O) groups is 1. The first kappa shape index (κ1) is 14.2. The van der Waals surface area contributed by atoms with Crippen molar-refractivity contribution in [1.82, 2.24) is 5.32 Å². The van der Waals surface area contributed by atoms with Crippen molar-refractivity contribution in [3.8, 4) is 0 Å². The van der Waals surface area contributed by atoms with Crippen LogP contribution in [0.5, 0.6) is 0 Å². The van der Waals surface area contributed by atoms with Gasteiger partial charge in [0.05, 0.1) is 6.10 Å². The summed E-state index contributed by atoms with van der Waals surface area (Å²) in [5.41, 5.74) is -0.476. The Hall–Kier alpha value is -0.770. The molecule has 0 aromatic carbocycles. The highest BCUT2D eigenvalue weighted by Crippen LogP contribution is 2.09. The molecule has 0 rings (SSSR count). The van der Waals surface area contributed by atoms with Crippen LogP contribution in [0.2, 0.25) is 0 Å². The van der Waals surface area contributed by atoms with E-state index in [-0.39, 0.29) is 5.92 Å². The van der Waals surface area contributed by atoms with Gasteiger partial charge in [-0.05, 0) is 34.1 Å². The minimum Gasteiger partial charge on any atom is -0.444 e. The fourth-order valence-electron chi connectivity index (χ4n) is 1.18. The quantitative estimate of drug-likeness (QED) is 0.756. The highest BCUT2D eigenvalue weighted by Gasteiger charge is 2.18. The summed E-state index contributed by atoms with van der Waals surface area (Å²) in [5, 5.41) is 12.0. The van der Waals surface area contributed by atoms with Crippen molar-refractivity contribution in [1.29, 1.82) is 0 Å². The van der Waals surface area contributed by atoms with Crippen LogP contribution in [0.25, 0.3) is 0 Å². The number of amides is 1. The lowest BCUT2D eigenvalue weighted by atomic mass is 10.0.